The second-order valence-corrected chi connectivity index (χ2v) is 5.31. The maximum Gasteiger partial charge on any atom is 0.133 e. The SMILES string of the molecule is OC(c1ccccc1)N1CCCC(Br)C1. The number of aliphatic hydroxyl groups excluding tert-OH is 1. The lowest BCUT2D eigenvalue weighted by Crippen LogP contribution is -2.38. The monoisotopic (exact) mass is 269 g/mol. The predicted molar refractivity (Wildman–Crippen MR) is 64.9 cm³/mol. The molecular formula is C12H16BrNO. The Morgan fingerprint density at radius 1 is 1.33 bits per heavy atom. The Labute approximate surface area is 99.0 Å². The highest BCUT2D eigenvalue weighted by molar-refractivity contribution is 9.09. The molecule has 1 heterocycles. The molecule has 1 aromatic carbocycles. The summed E-state index contributed by atoms with van der Waals surface area (Å²) in [6, 6.07) is 9.85. The van der Waals surface area contributed by atoms with Gasteiger partial charge in [0.05, 0.1) is 0 Å². The van der Waals surface area contributed by atoms with Gasteiger partial charge in [0.15, 0.2) is 0 Å². The molecule has 1 aliphatic rings. The van der Waals surface area contributed by atoms with E-state index in [0.29, 0.717) is 4.83 Å². The number of benzene rings is 1. The van der Waals surface area contributed by atoms with Crippen LogP contribution in [0.15, 0.2) is 30.3 Å². The number of likely N-dealkylation sites (tertiary alicyclic amines) is 1. The Balaban J connectivity index is 2.04. The standard InChI is InChI=1S/C12H16BrNO/c13-11-7-4-8-14(9-11)12(15)10-5-2-1-3-6-10/h1-3,5-6,11-12,15H,4,7-9H2. The Morgan fingerprint density at radius 2 is 2.07 bits per heavy atom. The van der Waals surface area contributed by atoms with Crippen molar-refractivity contribution in [1.82, 2.24) is 4.90 Å². The van der Waals surface area contributed by atoms with Gasteiger partial charge in [-0.05, 0) is 18.4 Å². The molecule has 0 spiro atoms. The zero-order valence-electron chi connectivity index (χ0n) is 8.64. The Bertz CT molecular complexity index is 304. The Hall–Kier alpha value is -0.380. The van der Waals surface area contributed by atoms with E-state index in [1.54, 1.807) is 0 Å². The molecule has 0 saturated carbocycles. The van der Waals surface area contributed by atoms with E-state index in [1.165, 1.54) is 6.42 Å². The zero-order chi connectivity index (χ0) is 10.7. The van der Waals surface area contributed by atoms with Gasteiger partial charge in [0, 0.05) is 17.9 Å². The van der Waals surface area contributed by atoms with Gasteiger partial charge < -0.3 is 5.11 Å². The third-order valence-electron chi connectivity index (χ3n) is 2.84. The second-order valence-electron chi connectivity index (χ2n) is 4.02. The lowest BCUT2D eigenvalue weighted by atomic mass is 10.1. The molecule has 0 radical (unpaired) electrons. The summed E-state index contributed by atoms with van der Waals surface area (Å²) in [6.45, 7) is 1.91. The molecule has 1 N–H and O–H groups in total. The van der Waals surface area contributed by atoms with Crippen LogP contribution in [-0.2, 0) is 0 Å². The Morgan fingerprint density at radius 3 is 2.73 bits per heavy atom. The summed E-state index contributed by atoms with van der Waals surface area (Å²) in [5.41, 5.74) is 0.985. The van der Waals surface area contributed by atoms with Crippen molar-refractivity contribution in [3.63, 3.8) is 0 Å². The summed E-state index contributed by atoms with van der Waals surface area (Å²) < 4.78 is 0. The van der Waals surface area contributed by atoms with E-state index in [9.17, 15) is 5.11 Å². The smallest absolute Gasteiger partial charge is 0.133 e. The van der Waals surface area contributed by atoms with E-state index in [4.69, 9.17) is 0 Å². The second kappa shape index (κ2) is 5.10. The highest BCUT2D eigenvalue weighted by atomic mass is 79.9. The first-order chi connectivity index (χ1) is 7.27. The molecule has 0 aromatic heterocycles. The van der Waals surface area contributed by atoms with Crippen molar-refractivity contribution in [1.29, 1.82) is 0 Å². The number of piperidine rings is 1. The van der Waals surface area contributed by atoms with Crippen molar-refractivity contribution in [3.05, 3.63) is 35.9 Å². The minimum Gasteiger partial charge on any atom is -0.374 e. The van der Waals surface area contributed by atoms with Crippen LogP contribution < -0.4 is 0 Å². The van der Waals surface area contributed by atoms with Gasteiger partial charge in [-0.2, -0.15) is 0 Å². The fraction of sp³-hybridized carbons (Fsp3) is 0.500. The molecule has 15 heavy (non-hydrogen) atoms. The van der Waals surface area contributed by atoms with Gasteiger partial charge in [0.2, 0.25) is 0 Å². The number of hydrogen-bond donors (Lipinski definition) is 1. The van der Waals surface area contributed by atoms with Gasteiger partial charge in [-0.1, -0.05) is 46.3 Å². The van der Waals surface area contributed by atoms with Crippen LogP contribution in [0.1, 0.15) is 24.6 Å². The van der Waals surface area contributed by atoms with Crippen molar-refractivity contribution in [3.8, 4) is 0 Å². The van der Waals surface area contributed by atoms with Gasteiger partial charge in [-0.25, -0.2) is 0 Å². The molecule has 1 fully saturated rings. The topological polar surface area (TPSA) is 23.5 Å². The summed E-state index contributed by atoms with van der Waals surface area (Å²) in [4.78, 5) is 2.64. The summed E-state index contributed by atoms with van der Waals surface area (Å²) in [5, 5.41) is 10.2. The van der Waals surface area contributed by atoms with Gasteiger partial charge in [-0.3, -0.25) is 4.90 Å². The molecular weight excluding hydrogens is 254 g/mol. The molecule has 82 valence electrons. The van der Waals surface area contributed by atoms with Crippen molar-refractivity contribution in [2.75, 3.05) is 13.1 Å². The van der Waals surface area contributed by atoms with Gasteiger partial charge >= 0.3 is 0 Å². The van der Waals surface area contributed by atoms with E-state index >= 15 is 0 Å². The van der Waals surface area contributed by atoms with Crippen LogP contribution in [0, 0.1) is 0 Å². The van der Waals surface area contributed by atoms with E-state index < -0.39 is 6.23 Å². The summed E-state index contributed by atoms with van der Waals surface area (Å²) in [7, 11) is 0. The average Bonchev–Trinajstić information content (AvgIpc) is 2.29. The first-order valence-corrected chi connectivity index (χ1v) is 6.30. The fourth-order valence-corrected chi connectivity index (χ4v) is 2.71. The fourth-order valence-electron chi connectivity index (χ4n) is 2.01. The van der Waals surface area contributed by atoms with E-state index in [0.717, 1.165) is 25.1 Å². The van der Waals surface area contributed by atoms with Gasteiger partial charge in [0.1, 0.15) is 6.23 Å². The molecule has 1 aromatic rings. The highest BCUT2D eigenvalue weighted by Crippen LogP contribution is 2.24. The molecule has 1 saturated heterocycles. The van der Waals surface area contributed by atoms with Crippen LogP contribution in [0.3, 0.4) is 0 Å². The van der Waals surface area contributed by atoms with E-state index in [1.807, 2.05) is 30.3 Å². The minimum atomic E-state index is -0.452. The molecule has 1 aliphatic heterocycles. The lowest BCUT2D eigenvalue weighted by Gasteiger charge is -2.33. The van der Waals surface area contributed by atoms with E-state index in [-0.39, 0.29) is 0 Å². The first kappa shape index (κ1) is 11.1. The third-order valence-corrected chi connectivity index (χ3v) is 3.59. The van der Waals surface area contributed by atoms with Crippen molar-refractivity contribution in [2.24, 2.45) is 0 Å². The normalized spacial score (nSPS) is 25.1. The number of rotatable bonds is 2. The first-order valence-electron chi connectivity index (χ1n) is 5.38. The van der Waals surface area contributed by atoms with Crippen LogP contribution >= 0.6 is 15.9 Å². The number of aliphatic hydroxyl groups is 1. The summed E-state index contributed by atoms with van der Waals surface area (Å²) in [6.07, 6.45) is 1.91. The maximum atomic E-state index is 10.2. The van der Waals surface area contributed by atoms with Crippen LogP contribution in [0.25, 0.3) is 0 Å². The molecule has 0 amide bonds. The number of alkyl halides is 1. The number of nitrogens with zero attached hydrogens (tertiary/aromatic N) is 1. The Kier molecular flexibility index (Phi) is 3.78. The number of halogens is 1. The van der Waals surface area contributed by atoms with Crippen LogP contribution in [0.4, 0.5) is 0 Å². The van der Waals surface area contributed by atoms with Crippen molar-refractivity contribution < 1.29 is 5.11 Å². The minimum absolute atomic E-state index is 0.452. The van der Waals surface area contributed by atoms with Crippen molar-refractivity contribution in [2.45, 2.75) is 23.9 Å². The van der Waals surface area contributed by atoms with Crippen LogP contribution in [-0.4, -0.2) is 27.9 Å². The molecule has 0 bridgehead atoms. The lowest BCUT2D eigenvalue weighted by molar-refractivity contribution is -0.00782. The van der Waals surface area contributed by atoms with Crippen LogP contribution in [0.5, 0.6) is 0 Å². The highest BCUT2D eigenvalue weighted by Gasteiger charge is 2.23. The molecule has 3 heteroatoms. The summed E-state index contributed by atoms with van der Waals surface area (Å²) in [5.74, 6) is 0. The molecule has 2 rings (SSSR count). The van der Waals surface area contributed by atoms with Gasteiger partial charge in [0.25, 0.3) is 0 Å². The largest absolute Gasteiger partial charge is 0.374 e. The molecule has 2 atom stereocenters. The number of hydrogen-bond acceptors (Lipinski definition) is 2. The predicted octanol–water partition coefficient (Wildman–Crippen LogP) is 2.54. The quantitative estimate of drug-likeness (QED) is 0.835. The maximum absolute atomic E-state index is 10.2. The molecule has 0 aliphatic carbocycles. The third kappa shape index (κ3) is 2.80. The van der Waals surface area contributed by atoms with E-state index in [2.05, 4.69) is 20.8 Å². The summed E-state index contributed by atoms with van der Waals surface area (Å²) >= 11 is 3.62. The average molecular weight is 270 g/mol. The van der Waals surface area contributed by atoms with Crippen molar-refractivity contribution >= 4 is 15.9 Å². The molecule has 2 unspecified atom stereocenters. The molecule has 2 nitrogen and oxygen atoms in total. The zero-order valence-corrected chi connectivity index (χ0v) is 10.2. The van der Waals surface area contributed by atoms with Crippen LogP contribution in [0.2, 0.25) is 0 Å². The van der Waals surface area contributed by atoms with Gasteiger partial charge in [-0.15, -0.1) is 0 Å².